The van der Waals surface area contributed by atoms with Crippen molar-refractivity contribution in [3.05, 3.63) is 0 Å². The lowest BCUT2D eigenvalue weighted by molar-refractivity contribution is -0.285. The van der Waals surface area contributed by atoms with Gasteiger partial charge in [-0.3, -0.25) is 9.59 Å². The van der Waals surface area contributed by atoms with Crippen LogP contribution in [0.4, 0.5) is 8.78 Å². The Labute approximate surface area is 150 Å². The summed E-state index contributed by atoms with van der Waals surface area (Å²) in [6.45, 7) is 5.34. The quantitative estimate of drug-likeness (QED) is 0.531. The molecule has 1 aliphatic rings. The molecular formula is C16H25F2NO7. The molecule has 1 saturated heterocycles. The third kappa shape index (κ3) is 4.47. The Morgan fingerprint density at radius 3 is 2.19 bits per heavy atom. The number of rotatable bonds is 6. The van der Waals surface area contributed by atoms with Crippen molar-refractivity contribution in [1.29, 1.82) is 0 Å². The van der Waals surface area contributed by atoms with E-state index in [1.165, 1.54) is 6.92 Å². The fraction of sp³-hybridized carbons (Fsp3) is 0.812. The fourth-order valence-electron chi connectivity index (χ4n) is 2.91. The predicted molar refractivity (Wildman–Crippen MR) is 84.2 cm³/mol. The van der Waals surface area contributed by atoms with Crippen LogP contribution < -0.4 is 5.73 Å². The summed E-state index contributed by atoms with van der Waals surface area (Å²) >= 11 is 0. The monoisotopic (exact) mass is 381 g/mol. The number of carbonyl (C=O) groups excluding carboxylic acids is 3. The number of alkyl halides is 2. The fourth-order valence-corrected chi connectivity index (χ4v) is 2.91. The van der Waals surface area contributed by atoms with E-state index in [1.807, 2.05) is 0 Å². The first-order chi connectivity index (χ1) is 12.0. The molecule has 0 spiro atoms. The Kier molecular flexibility index (Phi) is 7.45. The van der Waals surface area contributed by atoms with Gasteiger partial charge in [-0.2, -0.15) is 4.39 Å². The summed E-state index contributed by atoms with van der Waals surface area (Å²) in [6.07, 6.45) is -5.96. The molecule has 7 atom stereocenters. The highest BCUT2D eigenvalue weighted by atomic mass is 19.2. The van der Waals surface area contributed by atoms with Crippen LogP contribution in [0.2, 0.25) is 0 Å². The summed E-state index contributed by atoms with van der Waals surface area (Å²) in [5, 5.41) is 0. The van der Waals surface area contributed by atoms with Crippen LogP contribution in [0.3, 0.4) is 0 Å². The molecule has 0 aliphatic carbocycles. The van der Waals surface area contributed by atoms with Crippen LogP contribution in [0.1, 0.15) is 34.1 Å². The first-order valence-electron chi connectivity index (χ1n) is 8.18. The number of ether oxygens (including phenoxy) is 4. The smallest absolute Gasteiger partial charge is 0.375 e. The van der Waals surface area contributed by atoms with Gasteiger partial charge in [0.05, 0.1) is 7.11 Å². The topological polar surface area (TPSA) is 114 Å². The third-order valence-corrected chi connectivity index (χ3v) is 4.30. The van der Waals surface area contributed by atoms with Gasteiger partial charge in [0.2, 0.25) is 0 Å². The van der Waals surface area contributed by atoms with Crippen molar-refractivity contribution in [3.8, 4) is 0 Å². The second-order valence-electron chi connectivity index (χ2n) is 6.19. The Bertz CT molecular complexity index is 547. The lowest BCUT2D eigenvalue weighted by Crippen LogP contribution is -2.67. The minimum atomic E-state index is -3.47. The maximum atomic E-state index is 15.0. The van der Waals surface area contributed by atoms with E-state index in [2.05, 4.69) is 4.74 Å². The summed E-state index contributed by atoms with van der Waals surface area (Å²) in [4.78, 5) is 34.6. The first-order valence-corrected chi connectivity index (χ1v) is 8.18. The maximum absolute atomic E-state index is 15.0. The Balaban J connectivity index is 3.30. The van der Waals surface area contributed by atoms with E-state index >= 15 is 0 Å². The highest BCUT2D eigenvalue weighted by molar-refractivity contribution is 5.79. The number of methoxy groups -OCH3 is 1. The zero-order valence-electron chi connectivity index (χ0n) is 15.4. The molecule has 0 aromatic carbocycles. The van der Waals surface area contributed by atoms with Crippen LogP contribution in [0.25, 0.3) is 0 Å². The van der Waals surface area contributed by atoms with Crippen molar-refractivity contribution < 1.29 is 42.1 Å². The maximum Gasteiger partial charge on any atom is 0.375 e. The standard InChI is InChI=1S/C16H25F2NO7/c1-6-10(24-8(3)20)13(25-9(4)21)12-7(2)11(19)14(17)16(18,26-12)15(22)23-5/h7,10-14H,6,19H2,1-5H3. The molecule has 0 aromatic heterocycles. The molecule has 26 heavy (non-hydrogen) atoms. The first kappa shape index (κ1) is 22.2. The van der Waals surface area contributed by atoms with Crippen molar-refractivity contribution >= 4 is 17.9 Å². The molecule has 7 unspecified atom stereocenters. The van der Waals surface area contributed by atoms with E-state index < -0.39 is 60.2 Å². The van der Waals surface area contributed by atoms with Gasteiger partial charge in [0, 0.05) is 25.8 Å². The van der Waals surface area contributed by atoms with Gasteiger partial charge in [-0.1, -0.05) is 13.8 Å². The van der Waals surface area contributed by atoms with Gasteiger partial charge in [-0.25, -0.2) is 9.18 Å². The highest BCUT2D eigenvalue weighted by Gasteiger charge is 2.62. The van der Waals surface area contributed by atoms with Crippen molar-refractivity contribution in [2.75, 3.05) is 7.11 Å². The summed E-state index contributed by atoms with van der Waals surface area (Å²) in [6, 6.07) is -1.45. The Morgan fingerprint density at radius 1 is 1.23 bits per heavy atom. The summed E-state index contributed by atoms with van der Waals surface area (Å²) in [7, 11) is 0.871. The predicted octanol–water partition coefficient (Wildman–Crippen LogP) is 0.799. The van der Waals surface area contributed by atoms with Crippen molar-refractivity contribution in [3.63, 3.8) is 0 Å². The van der Waals surface area contributed by atoms with Crippen molar-refractivity contribution in [2.45, 2.75) is 70.5 Å². The van der Waals surface area contributed by atoms with Crippen molar-refractivity contribution in [1.82, 2.24) is 0 Å². The van der Waals surface area contributed by atoms with Gasteiger partial charge in [0.25, 0.3) is 0 Å². The van der Waals surface area contributed by atoms with Crippen LogP contribution in [0, 0.1) is 5.92 Å². The molecule has 2 N–H and O–H groups in total. The second-order valence-corrected chi connectivity index (χ2v) is 6.19. The van der Waals surface area contributed by atoms with Gasteiger partial charge >= 0.3 is 23.8 Å². The molecule has 0 aromatic rings. The van der Waals surface area contributed by atoms with E-state index in [9.17, 15) is 23.2 Å². The van der Waals surface area contributed by atoms with E-state index in [-0.39, 0.29) is 6.42 Å². The number of nitrogens with two attached hydrogens (primary N) is 1. The minimum absolute atomic E-state index is 0.190. The van der Waals surface area contributed by atoms with E-state index in [4.69, 9.17) is 19.9 Å². The van der Waals surface area contributed by atoms with Crippen LogP contribution in [0.15, 0.2) is 0 Å². The normalized spacial score (nSPS) is 33.7. The number of hydrogen-bond donors (Lipinski definition) is 1. The van der Waals surface area contributed by atoms with Gasteiger partial charge in [-0.05, 0) is 6.42 Å². The molecule has 8 nitrogen and oxygen atoms in total. The van der Waals surface area contributed by atoms with Crippen LogP contribution in [0.5, 0.6) is 0 Å². The number of halogens is 2. The van der Waals surface area contributed by atoms with Crippen LogP contribution in [-0.4, -0.2) is 61.4 Å². The highest BCUT2D eigenvalue weighted by Crippen LogP contribution is 2.39. The van der Waals surface area contributed by atoms with E-state index in [0.717, 1.165) is 21.0 Å². The molecule has 0 amide bonds. The summed E-state index contributed by atoms with van der Waals surface area (Å²) in [5.41, 5.74) is 5.74. The number of esters is 3. The number of hydrogen-bond acceptors (Lipinski definition) is 8. The van der Waals surface area contributed by atoms with Crippen LogP contribution >= 0.6 is 0 Å². The Hall–Kier alpha value is -1.81. The minimum Gasteiger partial charge on any atom is -0.465 e. The summed E-state index contributed by atoms with van der Waals surface area (Å²) < 4.78 is 49.0. The summed E-state index contributed by atoms with van der Waals surface area (Å²) in [5.74, 6) is -7.36. The molecule has 1 aliphatic heterocycles. The zero-order valence-corrected chi connectivity index (χ0v) is 15.4. The average Bonchev–Trinajstić information content (AvgIpc) is 2.58. The molecule has 0 bridgehead atoms. The zero-order chi connectivity index (χ0) is 20.2. The Morgan fingerprint density at radius 2 is 1.77 bits per heavy atom. The lowest BCUT2D eigenvalue weighted by atomic mass is 9.82. The molecule has 0 saturated carbocycles. The largest absolute Gasteiger partial charge is 0.465 e. The van der Waals surface area contributed by atoms with Gasteiger partial charge in [-0.15, -0.1) is 0 Å². The average molecular weight is 381 g/mol. The second kappa shape index (κ2) is 8.72. The van der Waals surface area contributed by atoms with E-state index in [0.29, 0.717) is 0 Å². The van der Waals surface area contributed by atoms with Gasteiger partial charge in [0.1, 0.15) is 12.2 Å². The molecule has 1 heterocycles. The van der Waals surface area contributed by atoms with E-state index in [1.54, 1.807) is 6.92 Å². The number of carbonyl (C=O) groups is 3. The molecule has 10 heteroatoms. The van der Waals surface area contributed by atoms with Gasteiger partial charge in [0.15, 0.2) is 12.3 Å². The molecular weight excluding hydrogens is 356 g/mol. The molecule has 1 fully saturated rings. The molecule has 0 radical (unpaired) electrons. The van der Waals surface area contributed by atoms with Gasteiger partial charge < -0.3 is 24.7 Å². The molecule has 1 rings (SSSR count). The third-order valence-electron chi connectivity index (χ3n) is 4.30. The van der Waals surface area contributed by atoms with Crippen molar-refractivity contribution in [2.24, 2.45) is 11.7 Å². The lowest BCUT2D eigenvalue weighted by Gasteiger charge is -2.46. The SMILES string of the molecule is CCC(OC(C)=O)C(OC(C)=O)C1OC(F)(C(=O)OC)C(F)C(N)C1C. The molecule has 150 valence electrons. The van der Waals surface area contributed by atoms with Crippen LogP contribution in [-0.2, 0) is 33.3 Å².